The Hall–Kier alpha value is -1.40. The molecule has 20 heavy (non-hydrogen) atoms. The number of aryl methyl sites for hydroxylation is 1. The van der Waals surface area contributed by atoms with Crippen molar-refractivity contribution < 1.29 is 4.74 Å². The van der Waals surface area contributed by atoms with Crippen molar-refractivity contribution in [3.05, 3.63) is 11.4 Å². The Morgan fingerprint density at radius 2 is 2.10 bits per heavy atom. The molecule has 3 heterocycles. The number of nitrogen functional groups attached to an aromatic ring is 1. The summed E-state index contributed by atoms with van der Waals surface area (Å²) >= 11 is 0. The van der Waals surface area contributed by atoms with Gasteiger partial charge in [0.2, 0.25) is 0 Å². The van der Waals surface area contributed by atoms with Crippen LogP contribution in [0.3, 0.4) is 0 Å². The van der Waals surface area contributed by atoms with Crippen LogP contribution >= 0.6 is 0 Å². The number of nitrogens with two attached hydrogens (primary N) is 1. The molecular formula is C14H23N5O. The number of nitrogens with one attached hydrogen (secondary N) is 2. The first-order chi connectivity index (χ1) is 9.71. The fourth-order valence-corrected chi connectivity index (χ4v) is 3.14. The second-order valence-electron chi connectivity index (χ2n) is 5.72. The number of aromatic nitrogens is 2. The van der Waals surface area contributed by atoms with Crippen molar-refractivity contribution in [3.8, 4) is 0 Å². The number of anilines is 2. The monoisotopic (exact) mass is 277 g/mol. The number of nitrogens with zero attached hydrogens (tertiary/aromatic N) is 2. The van der Waals surface area contributed by atoms with E-state index in [2.05, 4.69) is 27.6 Å². The van der Waals surface area contributed by atoms with Gasteiger partial charge in [-0.2, -0.15) is 0 Å². The summed E-state index contributed by atoms with van der Waals surface area (Å²) in [7, 11) is 0. The van der Waals surface area contributed by atoms with Gasteiger partial charge < -0.3 is 15.5 Å². The summed E-state index contributed by atoms with van der Waals surface area (Å²) in [6.07, 6.45) is 6.06. The molecule has 0 aliphatic carbocycles. The number of hydrogen-bond donors (Lipinski definition) is 3. The number of fused-ring (bicyclic) bond motifs is 2. The van der Waals surface area contributed by atoms with E-state index in [1.165, 1.54) is 6.42 Å². The Morgan fingerprint density at radius 3 is 2.70 bits per heavy atom. The molecule has 110 valence electrons. The van der Waals surface area contributed by atoms with E-state index >= 15 is 0 Å². The molecule has 2 bridgehead atoms. The van der Waals surface area contributed by atoms with E-state index in [9.17, 15) is 0 Å². The summed E-state index contributed by atoms with van der Waals surface area (Å²) < 4.78 is 5.89. The van der Waals surface area contributed by atoms with Gasteiger partial charge >= 0.3 is 0 Å². The van der Waals surface area contributed by atoms with Gasteiger partial charge in [0.15, 0.2) is 0 Å². The van der Waals surface area contributed by atoms with Crippen molar-refractivity contribution in [1.82, 2.24) is 9.97 Å². The van der Waals surface area contributed by atoms with E-state index in [1.54, 1.807) is 0 Å². The molecule has 2 aliphatic rings. The summed E-state index contributed by atoms with van der Waals surface area (Å²) in [5.74, 6) is 7.98. The number of ether oxygens (including phenoxy) is 1. The van der Waals surface area contributed by atoms with Gasteiger partial charge in [0.1, 0.15) is 17.5 Å². The molecule has 0 saturated carbocycles. The minimum atomic E-state index is 0.332. The predicted molar refractivity (Wildman–Crippen MR) is 78.5 cm³/mol. The molecule has 6 nitrogen and oxygen atoms in total. The van der Waals surface area contributed by atoms with Crippen molar-refractivity contribution in [2.24, 2.45) is 5.84 Å². The SMILES string of the molecule is CCCc1nc(NN)c(C)c(NC2CC3CCC2O3)n1. The first-order valence-electron chi connectivity index (χ1n) is 7.47. The highest BCUT2D eigenvalue weighted by molar-refractivity contribution is 5.57. The average Bonchev–Trinajstić information content (AvgIpc) is 3.05. The lowest BCUT2D eigenvalue weighted by atomic mass is 9.95. The van der Waals surface area contributed by atoms with E-state index in [1.807, 2.05) is 6.92 Å². The van der Waals surface area contributed by atoms with Crippen LogP contribution in [0.1, 0.15) is 44.0 Å². The third kappa shape index (κ3) is 2.45. The van der Waals surface area contributed by atoms with Crippen molar-refractivity contribution in [2.45, 2.75) is 64.2 Å². The first kappa shape index (κ1) is 13.6. The summed E-state index contributed by atoms with van der Waals surface area (Å²) in [4.78, 5) is 9.09. The van der Waals surface area contributed by atoms with Crippen molar-refractivity contribution in [2.75, 3.05) is 10.7 Å². The predicted octanol–water partition coefficient (Wildman–Crippen LogP) is 1.75. The molecule has 6 heteroatoms. The van der Waals surface area contributed by atoms with Crippen LogP contribution in [-0.4, -0.2) is 28.2 Å². The topological polar surface area (TPSA) is 85.1 Å². The maximum atomic E-state index is 5.89. The van der Waals surface area contributed by atoms with Crippen LogP contribution in [0.15, 0.2) is 0 Å². The molecule has 3 unspecified atom stereocenters. The molecular weight excluding hydrogens is 254 g/mol. The van der Waals surface area contributed by atoms with Crippen molar-refractivity contribution in [3.63, 3.8) is 0 Å². The van der Waals surface area contributed by atoms with E-state index in [-0.39, 0.29) is 0 Å². The average molecular weight is 277 g/mol. The molecule has 1 aromatic heterocycles. The molecule has 1 aromatic rings. The highest BCUT2D eigenvalue weighted by Gasteiger charge is 2.41. The van der Waals surface area contributed by atoms with Gasteiger partial charge in [0.25, 0.3) is 0 Å². The fourth-order valence-electron chi connectivity index (χ4n) is 3.14. The molecule has 0 aromatic carbocycles. The second-order valence-corrected chi connectivity index (χ2v) is 5.72. The number of rotatable bonds is 5. The maximum Gasteiger partial charge on any atom is 0.148 e. The van der Waals surface area contributed by atoms with Crippen LogP contribution in [0.25, 0.3) is 0 Å². The first-order valence-corrected chi connectivity index (χ1v) is 7.47. The highest BCUT2D eigenvalue weighted by atomic mass is 16.5. The lowest BCUT2D eigenvalue weighted by molar-refractivity contribution is 0.102. The molecule has 2 saturated heterocycles. The maximum absolute atomic E-state index is 5.89. The smallest absolute Gasteiger partial charge is 0.148 e. The molecule has 0 spiro atoms. The second kappa shape index (κ2) is 5.54. The Bertz CT molecular complexity index is 493. The quantitative estimate of drug-likeness (QED) is 0.561. The molecule has 0 radical (unpaired) electrons. The molecule has 3 atom stereocenters. The molecule has 2 aliphatic heterocycles. The van der Waals surface area contributed by atoms with E-state index in [0.29, 0.717) is 24.1 Å². The highest BCUT2D eigenvalue weighted by Crippen LogP contribution is 2.36. The van der Waals surface area contributed by atoms with Crippen LogP contribution in [0, 0.1) is 6.92 Å². The zero-order valence-electron chi connectivity index (χ0n) is 12.1. The molecule has 0 amide bonds. The Morgan fingerprint density at radius 1 is 1.30 bits per heavy atom. The van der Waals surface area contributed by atoms with Gasteiger partial charge in [0, 0.05) is 12.0 Å². The fraction of sp³-hybridized carbons (Fsp3) is 0.714. The van der Waals surface area contributed by atoms with Crippen LogP contribution in [0.4, 0.5) is 11.6 Å². The van der Waals surface area contributed by atoms with Crippen LogP contribution in [0.5, 0.6) is 0 Å². The number of hydrazine groups is 1. The Labute approximate surface area is 119 Å². The van der Waals surface area contributed by atoms with Crippen molar-refractivity contribution >= 4 is 11.6 Å². The third-order valence-electron chi connectivity index (χ3n) is 4.23. The lowest BCUT2D eigenvalue weighted by Crippen LogP contribution is -2.31. The van der Waals surface area contributed by atoms with Gasteiger partial charge in [-0.1, -0.05) is 6.92 Å². The van der Waals surface area contributed by atoms with E-state index < -0.39 is 0 Å². The lowest BCUT2D eigenvalue weighted by Gasteiger charge is -2.22. The zero-order valence-corrected chi connectivity index (χ0v) is 12.1. The van der Waals surface area contributed by atoms with Crippen LogP contribution < -0.4 is 16.6 Å². The van der Waals surface area contributed by atoms with Crippen LogP contribution in [0.2, 0.25) is 0 Å². The standard InChI is InChI=1S/C14H23N5O/c1-3-4-12-17-13(8(2)14(18-12)19-15)16-10-7-9-5-6-11(10)20-9/h9-11H,3-7,15H2,1-2H3,(H2,16,17,18,19). The Kier molecular flexibility index (Phi) is 3.76. The molecule has 4 N–H and O–H groups in total. The third-order valence-corrected chi connectivity index (χ3v) is 4.23. The van der Waals surface area contributed by atoms with Crippen LogP contribution in [-0.2, 0) is 11.2 Å². The summed E-state index contributed by atoms with van der Waals surface area (Å²) in [6.45, 7) is 4.11. The Balaban J connectivity index is 1.82. The minimum Gasteiger partial charge on any atom is -0.373 e. The minimum absolute atomic E-state index is 0.332. The van der Waals surface area contributed by atoms with E-state index in [0.717, 1.165) is 42.9 Å². The molecule has 3 rings (SSSR count). The van der Waals surface area contributed by atoms with Gasteiger partial charge in [-0.15, -0.1) is 0 Å². The largest absolute Gasteiger partial charge is 0.373 e. The van der Waals surface area contributed by atoms with Gasteiger partial charge in [0.05, 0.1) is 18.2 Å². The number of hydrogen-bond acceptors (Lipinski definition) is 6. The van der Waals surface area contributed by atoms with Gasteiger partial charge in [-0.3, -0.25) is 0 Å². The van der Waals surface area contributed by atoms with Gasteiger partial charge in [-0.05, 0) is 32.6 Å². The summed E-state index contributed by atoms with van der Waals surface area (Å²) in [5, 5.41) is 3.54. The normalized spacial score (nSPS) is 27.9. The zero-order chi connectivity index (χ0) is 14.1. The summed E-state index contributed by atoms with van der Waals surface area (Å²) in [5.41, 5.74) is 3.64. The summed E-state index contributed by atoms with van der Waals surface area (Å²) in [6, 6.07) is 0.363. The van der Waals surface area contributed by atoms with Gasteiger partial charge in [-0.25, -0.2) is 15.8 Å². The van der Waals surface area contributed by atoms with Crippen molar-refractivity contribution in [1.29, 1.82) is 0 Å². The molecule has 2 fully saturated rings. The van der Waals surface area contributed by atoms with E-state index in [4.69, 9.17) is 10.6 Å².